The largest absolute Gasteiger partial charge is 0.486 e. The number of nitrogens with one attached hydrogen (secondary N) is 1. The van der Waals surface area contributed by atoms with Crippen LogP contribution in [0.5, 0.6) is 5.75 Å². The molecule has 21 heavy (non-hydrogen) atoms. The Bertz CT molecular complexity index is 674. The van der Waals surface area contributed by atoms with Crippen molar-refractivity contribution in [3.63, 3.8) is 0 Å². The van der Waals surface area contributed by atoms with Crippen molar-refractivity contribution in [2.75, 3.05) is 0 Å². The van der Waals surface area contributed by atoms with Gasteiger partial charge in [-0.25, -0.2) is 10.2 Å². The minimum atomic E-state index is -0.639. The zero-order chi connectivity index (χ0) is 15.2. The summed E-state index contributed by atoms with van der Waals surface area (Å²) in [6, 6.07) is 10.6. The third-order valence-corrected chi connectivity index (χ3v) is 2.87. The summed E-state index contributed by atoms with van der Waals surface area (Å²) < 4.78 is 19.0. The van der Waals surface area contributed by atoms with Crippen molar-refractivity contribution in [3.05, 3.63) is 65.0 Å². The molecular formula is C15H13FN2O3. The highest BCUT2D eigenvalue weighted by molar-refractivity contribution is 5.95. The summed E-state index contributed by atoms with van der Waals surface area (Å²) in [7, 11) is 0. The Labute approximate surface area is 120 Å². The summed E-state index contributed by atoms with van der Waals surface area (Å²) in [5.41, 5.74) is 3.18. The number of carbonyl (C=O) groups is 2. The average molecular weight is 288 g/mol. The van der Waals surface area contributed by atoms with E-state index in [1.54, 1.807) is 24.3 Å². The lowest BCUT2D eigenvalue weighted by Crippen LogP contribution is -2.30. The van der Waals surface area contributed by atoms with Crippen molar-refractivity contribution in [3.8, 4) is 5.75 Å². The van der Waals surface area contributed by atoms with E-state index in [1.807, 2.05) is 5.43 Å². The molecule has 6 heteroatoms. The Balaban J connectivity index is 2.17. The SMILES string of the molecule is NNC(=O)c1ccccc1COc1ccc(C=O)cc1F. The molecule has 3 N–H and O–H groups in total. The van der Waals surface area contributed by atoms with Crippen LogP contribution in [0.3, 0.4) is 0 Å². The molecule has 0 atom stereocenters. The normalized spacial score (nSPS) is 10.0. The second kappa shape index (κ2) is 6.62. The number of hydrogen-bond donors (Lipinski definition) is 2. The fourth-order valence-corrected chi connectivity index (χ4v) is 1.81. The van der Waals surface area contributed by atoms with Crippen LogP contribution in [0, 0.1) is 5.82 Å². The Hall–Kier alpha value is -2.73. The molecular weight excluding hydrogens is 275 g/mol. The predicted octanol–water partition coefficient (Wildman–Crippen LogP) is 1.82. The Kier molecular flexibility index (Phi) is 4.63. The van der Waals surface area contributed by atoms with Crippen molar-refractivity contribution in [2.24, 2.45) is 5.84 Å². The van der Waals surface area contributed by atoms with Gasteiger partial charge in [0.1, 0.15) is 12.9 Å². The summed E-state index contributed by atoms with van der Waals surface area (Å²) >= 11 is 0. The number of benzene rings is 2. The third kappa shape index (κ3) is 3.43. The predicted molar refractivity (Wildman–Crippen MR) is 74.2 cm³/mol. The molecule has 0 radical (unpaired) electrons. The van der Waals surface area contributed by atoms with Crippen LogP contribution in [0.25, 0.3) is 0 Å². The maximum absolute atomic E-state index is 13.7. The van der Waals surface area contributed by atoms with Gasteiger partial charge in [0.25, 0.3) is 5.91 Å². The molecule has 0 fully saturated rings. The molecule has 108 valence electrons. The van der Waals surface area contributed by atoms with Crippen LogP contribution in [-0.2, 0) is 6.61 Å². The van der Waals surface area contributed by atoms with Gasteiger partial charge in [-0.3, -0.25) is 15.0 Å². The van der Waals surface area contributed by atoms with Gasteiger partial charge in [-0.2, -0.15) is 0 Å². The van der Waals surface area contributed by atoms with Gasteiger partial charge in [0, 0.05) is 16.7 Å². The van der Waals surface area contributed by atoms with Crippen molar-refractivity contribution < 1.29 is 18.7 Å². The van der Waals surface area contributed by atoms with Crippen LogP contribution < -0.4 is 16.0 Å². The van der Waals surface area contributed by atoms with E-state index in [0.717, 1.165) is 6.07 Å². The van der Waals surface area contributed by atoms with Crippen molar-refractivity contribution in [2.45, 2.75) is 6.61 Å². The number of hydrogen-bond acceptors (Lipinski definition) is 4. The van der Waals surface area contributed by atoms with Gasteiger partial charge in [-0.05, 0) is 24.3 Å². The number of aldehydes is 1. The quantitative estimate of drug-likeness (QED) is 0.380. The number of nitrogens with two attached hydrogens (primary N) is 1. The number of carbonyl (C=O) groups excluding carboxylic acids is 2. The maximum Gasteiger partial charge on any atom is 0.265 e. The Morgan fingerprint density at radius 1 is 1.29 bits per heavy atom. The van der Waals surface area contributed by atoms with Crippen molar-refractivity contribution in [1.82, 2.24) is 5.43 Å². The first kappa shape index (κ1) is 14.7. The van der Waals surface area contributed by atoms with E-state index in [4.69, 9.17) is 10.6 Å². The minimum absolute atomic E-state index is 0.000942. The number of hydrazine groups is 1. The van der Waals surface area contributed by atoms with Gasteiger partial charge in [-0.1, -0.05) is 18.2 Å². The monoisotopic (exact) mass is 288 g/mol. The molecule has 0 saturated heterocycles. The zero-order valence-electron chi connectivity index (χ0n) is 11.0. The van der Waals surface area contributed by atoms with Gasteiger partial charge in [-0.15, -0.1) is 0 Å². The first-order valence-corrected chi connectivity index (χ1v) is 6.12. The van der Waals surface area contributed by atoms with Gasteiger partial charge in [0.05, 0.1) is 0 Å². The van der Waals surface area contributed by atoms with E-state index in [2.05, 4.69) is 0 Å². The molecule has 0 unspecified atom stereocenters. The third-order valence-electron chi connectivity index (χ3n) is 2.87. The Morgan fingerprint density at radius 2 is 2.05 bits per heavy atom. The zero-order valence-corrected chi connectivity index (χ0v) is 11.0. The molecule has 0 aliphatic rings. The Morgan fingerprint density at radius 3 is 2.71 bits per heavy atom. The first-order chi connectivity index (χ1) is 10.2. The summed E-state index contributed by atoms with van der Waals surface area (Å²) in [6.45, 7) is 0.000942. The lowest BCUT2D eigenvalue weighted by atomic mass is 10.1. The molecule has 0 aliphatic carbocycles. The fraction of sp³-hybridized carbons (Fsp3) is 0.0667. The fourth-order valence-electron chi connectivity index (χ4n) is 1.81. The summed E-state index contributed by atoms with van der Waals surface area (Å²) in [5.74, 6) is 4.01. The van der Waals surface area contributed by atoms with E-state index in [1.165, 1.54) is 12.1 Å². The van der Waals surface area contributed by atoms with Crippen LogP contribution in [0.15, 0.2) is 42.5 Å². The summed E-state index contributed by atoms with van der Waals surface area (Å²) in [5, 5.41) is 0. The van der Waals surface area contributed by atoms with Gasteiger partial charge < -0.3 is 4.74 Å². The molecule has 1 amide bonds. The van der Waals surface area contributed by atoms with Gasteiger partial charge in [0.15, 0.2) is 11.6 Å². The first-order valence-electron chi connectivity index (χ1n) is 6.12. The molecule has 0 bridgehead atoms. The molecule has 2 aromatic rings. The molecule has 0 aliphatic heterocycles. The van der Waals surface area contributed by atoms with Crippen LogP contribution in [0.4, 0.5) is 4.39 Å². The van der Waals surface area contributed by atoms with Gasteiger partial charge >= 0.3 is 0 Å². The number of halogens is 1. The molecule has 0 spiro atoms. The molecule has 0 heterocycles. The van der Waals surface area contributed by atoms with E-state index in [9.17, 15) is 14.0 Å². The highest BCUT2D eigenvalue weighted by Crippen LogP contribution is 2.20. The number of nitrogen functional groups attached to an aromatic ring is 1. The molecule has 2 aromatic carbocycles. The lowest BCUT2D eigenvalue weighted by Gasteiger charge is -2.10. The standard InChI is InChI=1S/C15H13FN2O3/c16-13-7-10(8-19)5-6-14(13)21-9-11-3-1-2-4-12(11)15(20)18-17/h1-8H,9,17H2,(H,18,20). The maximum atomic E-state index is 13.7. The number of ether oxygens (including phenoxy) is 1. The number of amides is 1. The summed E-state index contributed by atoms with van der Waals surface area (Å²) in [4.78, 5) is 22.1. The molecule has 5 nitrogen and oxygen atoms in total. The lowest BCUT2D eigenvalue weighted by molar-refractivity contribution is 0.0950. The molecule has 0 aromatic heterocycles. The second-order valence-corrected chi connectivity index (χ2v) is 4.23. The van der Waals surface area contributed by atoms with Gasteiger partial charge in [0.2, 0.25) is 0 Å². The number of rotatable bonds is 5. The van der Waals surface area contributed by atoms with E-state index < -0.39 is 11.7 Å². The van der Waals surface area contributed by atoms with Crippen LogP contribution in [0.1, 0.15) is 26.3 Å². The van der Waals surface area contributed by atoms with E-state index >= 15 is 0 Å². The highest BCUT2D eigenvalue weighted by atomic mass is 19.1. The average Bonchev–Trinajstić information content (AvgIpc) is 2.53. The topological polar surface area (TPSA) is 81.4 Å². The van der Waals surface area contributed by atoms with E-state index in [0.29, 0.717) is 17.4 Å². The van der Waals surface area contributed by atoms with E-state index in [-0.39, 0.29) is 17.9 Å². The molecule has 0 saturated carbocycles. The smallest absolute Gasteiger partial charge is 0.265 e. The summed E-state index contributed by atoms with van der Waals surface area (Å²) in [6.07, 6.45) is 0.549. The second-order valence-electron chi connectivity index (χ2n) is 4.23. The molecule has 2 rings (SSSR count). The van der Waals surface area contributed by atoms with Crippen LogP contribution >= 0.6 is 0 Å². The highest BCUT2D eigenvalue weighted by Gasteiger charge is 2.11. The minimum Gasteiger partial charge on any atom is -0.486 e. The van der Waals surface area contributed by atoms with Crippen molar-refractivity contribution in [1.29, 1.82) is 0 Å². The van der Waals surface area contributed by atoms with Crippen molar-refractivity contribution >= 4 is 12.2 Å². The van der Waals surface area contributed by atoms with Crippen LogP contribution in [-0.4, -0.2) is 12.2 Å². The van der Waals surface area contributed by atoms with Crippen LogP contribution in [0.2, 0.25) is 0 Å².